The van der Waals surface area contributed by atoms with Gasteiger partial charge in [-0.3, -0.25) is 9.79 Å². The summed E-state index contributed by atoms with van der Waals surface area (Å²) in [4.78, 5) is 29.9. The summed E-state index contributed by atoms with van der Waals surface area (Å²) in [5, 5.41) is 9.66. The van der Waals surface area contributed by atoms with Crippen LogP contribution in [0.15, 0.2) is 29.3 Å². The quantitative estimate of drug-likeness (QED) is 0.343. The maximum absolute atomic E-state index is 12.1. The maximum atomic E-state index is 12.1. The number of nitrogens with one attached hydrogen (secondary N) is 3. The van der Waals surface area contributed by atoms with Crippen LogP contribution in [0.3, 0.4) is 0 Å². The molecule has 0 aromatic heterocycles. The highest BCUT2D eigenvalue weighted by Gasteiger charge is 2.24. The molecule has 1 fully saturated rings. The van der Waals surface area contributed by atoms with E-state index in [4.69, 9.17) is 4.74 Å². The number of carbonyl (C=O) groups is 2. The minimum atomic E-state index is -0.235. The molecule has 0 atom stereocenters. The molecule has 1 aliphatic heterocycles. The summed E-state index contributed by atoms with van der Waals surface area (Å²) in [6.07, 6.45) is 3.51. The fraction of sp³-hybridized carbons (Fsp3) is 0.591. The Morgan fingerprint density at radius 1 is 1.13 bits per heavy atom. The van der Waals surface area contributed by atoms with Gasteiger partial charge in [-0.2, -0.15) is 0 Å². The zero-order chi connectivity index (χ0) is 21.8. The van der Waals surface area contributed by atoms with Crippen molar-refractivity contribution in [2.75, 3.05) is 33.3 Å². The summed E-state index contributed by atoms with van der Waals surface area (Å²) in [7, 11) is 1.74. The fourth-order valence-corrected chi connectivity index (χ4v) is 3.25. The number of nitrogens with zero attached hydrogens (tertiary/aromatic N) is 2. The van der Waals surface area contributed by atoms with E-state index in [9.17, 15) is 9.59 Å². The molecule has 0 radical (unpaired) electrons. The molecule has 1 aliphatic rings. The molecule has 8 nitrogen and oxygen atoms in total. The van der Waals surface area contributed by atoms with Crippen LogP contribution in [0.4, 0.5) is 4.79 Å². The average molecular weight is 418 g/mol. The summed E-state index contributed by atoms with van der Waals surface area (Å²) >= 11 is 0. The third-order valence-corrected chi connectivity index (χ3v) is 5.08. The van der Waals surface area contributed by atoms with E-state index in [2.05, 4.69) is 27.9 Å². The van der Waals surface area contributed by atoms with Crippen molar-refractivity contribution in [1.82, 2.24) is 20.9 Å². The van der Waals surface area contributed by atoms with Crippen LogP contribution < -0.4 is 16.0 Å². The van der Waals surface area contributed by atoms with E-state index >= 15 is 0 Å². The molecule has 1 saturated heterocycles. The highest BCUT2D eigenvalue weighted by molar-refractivity contribution is 5.94. The van der Waals surface area contributed by atoms with Crippen molar-refractivity contribution in [3.05, 3.63) is 35.4 Å². The van der Waals surface area contributed by atoms with E-state index in [0.29, 0.717) is 38.3 Å². The second-order valence-corrected chi connectivity index (χ2v) is 7.34. The Balaban J connectivity index is 1.75. The summed E-state index contributed by atoms with van der Waals surface area (Å²) in [6.45, 7) is 6.99. The predicted octanol–water partition coefficient (Wildman–Crippen LogP) is 2.50. The van der Waals surface area contributed by atoms with E-state index in [1.54, 1.807) is 11.9 Å². The van der Waals surface area contributed by atoms with E-state index in [0.717, 1.165) is 37.2 Å². The molecule has 0 unspecified atom stereocenters. The summed E-state index contributed by atoms with van der Waals surface area (Å²) < 4.78 is 5.06. The number of piperidine rings is 1. The minimum absolute atomic E-state index is 0.0328. The zero-order valence-electron chi connectivity index (χ0n) is 18.4. The monoisotopic (exact) mass is 417 g/mol. The van der Waals surface area contributed by atoms with Gasteiger partial charge in [-0.15, -0.1) is 0 Å². The van der Waals surface area contributed by atoms with E-state index in [-0.39, 0.29) is 18.0 Å². The number of hydrogen-bond acceptors (Lipinski definition) is 4. The van der Waals surface area contributed by atoms with E-state index in [1.807, 2.05) is 31.2 Å². The van der Waals surface area contributed by atoms with Crippen molar-refractivity contribution >= 4 is 18.0 Å². The first kappa shape index (κ1) is 23.5. The van der Waals surface area contributed by atoms with Gasteiger partial charge in [0.15, 0.2) is 5.96 Å². The SMILES string of the molecule is CCCCNC(=O)c1ccc(CNC(=NC)NC2CCN(C(=O)OCC)CC2)cc1. The standard InChI is InChI=1S/C22H35N5O3/c1-4-6-13-24-20(28)18-9-7-17(8-10-18)16-25-21(23-3)26-19-11-14-27(15-12-19)22(29)30-5-2/h7-10,19H,4-6,11-16H2,1-3H3,(H,24,28)(H2,23,25,26). The van der Waals surface area contributed by atoms with Gasteiger partial charge in [0.1, 0.15) is 0 Å². The minimum Gasteiger partial charge on any atom is -0.450 e. The predicted molar refractivity (Wildman–Crippen MR) is 119 cm³/mol. The molecule has 0 spiro atoms. The van der Waals surface area contributed by atoms with Crippen molar-refractivity contribution in [3.63, 3.8) is 0 Å². The van der Waals surface area contributed by atoms with Crippen LogP contribution in [-0.2, 0) is 11.3 Å². The smallest absolute Gasteiger partial charge is 0.409 e. The number of unbranched alkanes of at least 4 members (excludes halogenated alkanes) is 1. The molecule has 0 saturated carbocycles. The first-order valence-corrected chi connectivity index (χ1v) is 10.8. The molecular weight excluding hydrogens is 382 g/mol. The van der Waals surface area contributed by atoms with Gasteiger partial charge in [0.2, 0.25) is 0 Å². The van der Waals surface area contributed by atoms with Crippen molar-refractivity contribution < 1.29 is 14.3 Å². The second kappa shape index (κ2) is 12.7. The molecular formula is C22H35N5O3. The fourth-order valence-electron chi connectivity index (χ4n) is 3.25. The van der Waals surface area contributed by atoms with Crippen molar-refractivity contribution in [1.29, 1.82) is 0 Å². The lowest BCUT2D eigenvalue weighted by atomic mass is 10.1. The lowest BCUT2D eigenvalue weighted by molar-refractivity contribution is 0.0948. The van der Waals surface area contributed by atoms with Gasteiger partial charge in [0.25, 0.3) is 5.91 Å². The average Bonchev–Trinajstić information content (AvgIpc) is 2.77. The van der Waals surface area contributed by atoms with Gasteiger partial charge >= 0.3 is 6.09 Å². The molecule has 1 aromatic carbocycles. The number of ether oxygens (including phenoxy) is 1. The van der Waals surface area contributed by atoms with Crippen LogP contribution in [0.25, 0.3) is 0 Å². The topological polar surface area (TPSA) is 95.1 Å². The largest absolute Gasteiger partial charge is 0.450 e. The third kappa shape index (κ3) is 7.57. The normalized spacial score (nSPS) is 14.9. The van der Waals surface area contributed by atoms with Gasteiger partial charge in [-0.1, -0.05) is 25.5 Å². The van der Waals surface area contributed by atoms with Gasteiger partial charge in [0, 0.05) is 44.8 Å². The van der Waals surface area contributed by atoms with Crippen molar-refractivity contribution in [2.45, 2.75) is 52.1 Å². The third-order valence-electron chi connectivity index (χ3n) is 5.08. The number of benzene rings is 1. The number of amides is 2. The highest BCUT2D eigenvalue weighted by atomic mass is 16.6. The molecule has 3 N–H and O–H groups in total. The summed E-state index contributed by atoms with van der Waals surface area (Å²) in [6, 6.07) is 7.86. The van der Waals surface area contributed by atoms with Crippen LogP contribution in [0.2, 0.25) is 0 Å². The first-order chi connectivity index (χ1) is 14.6. The molecule has 30 heavy (non-hydrogen) atoms. The second-order valence-electron chi connectivity index (χ2n) is 7.34. The zero-order valence-corrected chi connectivity index (χ0v) is 18.4. The first-order valence-electron chi connectivity index (χ1n) is 10.8. The molecule has 2 rings (SSSR count). The Morgan fingerprint density at radius 3 is 2.43 bits per heavy atom. The Labute approximate surface area is 179 Å². The highest BCUT2D eigenvalue weighted by Crippen LogP contribution is 2.11. The summed E-state index contributed by atoms with van der Waals surface area (Å²) in [5.41, 5.74) is 1.74. The van der Waals surface area contributed by atoms with Crippen molar-refractivity contribution in [2.24, 2.45) is 4.99 Å². The Hall–Kier alpha value is -2.77. The maximum Gasteiger partial charge on any atom is 0.409 e. The number of aliphatic imine (C=N–C) groups is 1. The van der Waals surface area contributed by atoms with Gasteiger partial charge < -0.3 is 25.6 Å². The van der Waals surface area contributed by atoms with Crippen LogP contribution in [0, 0.1) is 0 Å². The van der Waals surface area contributed by atoms with E-state index in [1.165, 1.54) is 0 Å². The molecule has 0 aliphatic carbocycles. The Bertz CT molecular complexity index is 697. The lowest BCUT2D eigenvalue weighted by Crippen LogP contribution is -2.49. The molecule has 1 aromatic rings. The molecule has 1 heterocycles. The number of hydrogen-bond donors (Lipinski definition) is 3. The van der Waals surface area contributed by atoms with E-state index < -0.39 is 0 Å². The van der Waals surface area contributed by atoms with Gasteiger partial charge in [0.05, 0.1) is 6.61 Å². The van der Waals surface area contributed by atoms with Crippen LogP contribution >= 0.6 is 0 Å². The lowest BCUT2D eigenvalue weighted by Gasteiger charge is -2.32. The van der Waals surface area contributed by atoms with Crippen molar-refractivity contribution in [3.8, 4) is 0 Å². The Kier molecular flexibility index (Phi) is 9.97. The molecule has 8 heteroatoms. The van der Waals surface area contributed by atoms with Gasteiger partial charge in [-0.25, -0.2) is 4.79 Å². The molecule has 2 amide bonds. The molecule has 166 valence electrons. The van der Waals surface area contributed by atoms with Crippen LogP contribution in [0.5, 0.6) is 0 Å². The number of carbonyl (C=O) groups excluding carboxylic acids is 2. The Morgan fingerprint density at radius 2 is 1.83 bits per heavy atom. The number of likely N-dealkylation sites (tertiary alicyclic amines) is 1. The van der Waals surface area contributed by atoms with Crippen LogP contribution in [0.1, 0.15) is 55.5 Å². The number of guanidine groups is 1. The number of rotatable bonds is 8. The van der Waals surface area contributed by atoms with Gasteiger partial charge in [-0.05, 0) is 43.9 Å². The molecule has 0 bridgehead atoms. The summed E-state index contributed by atoms with van der Waals surface area (Å²) in [5.74, 6) is 0.695. The van der Waals surface area contributed by atoms with Crippen LogP contribution in [-0.4, -0.2) is 62.2 Å².